The minimum Gasteiger partial charge on any atom is -0.493 e. The molecule has 82 valence electrons. The Labute approximate surface area is 95.2 Å². The normalized spacial score (nSPS) is 10.4. The molecular formula is C12H15ClO2. The second-order valence-corrected chi connectivity index (χ2v) is 4.14. The summed E-state index contributed by atoms with van der Waals surface area (Å²) in [4.78, 5) is 11.0. The molecule has 0 N–H and O–H groups in total. The predicted molar refractivity (Wildman–Crippen MR) is 61.6 cm³/mol. The minimum atomic E-state index is -0.477. The van der Waals surface area contributed by atoms with Crippen LogP contribution in [0.3, 0.4) is 0 Å². The number of halogens is 1. The van der Waals surface area contributed by atoms with Crippen LogP contribution in [0.5, 0.6) is 5.75 Å². The van der Waals surface area contributed by atoms with E-state index in [1.807, 2.05) is 6.07 Å². The van der Waals surface area contributed by atoms with Crippen molar-refractivity contribution in [2.45, 2.75) is 20.3 Å². The molecule has 3 heteroatoms. The third-order valence-electron chi connectivity index (χ3n) is 2.05. The zero-order chi connectivity index (χ0) is 11.3. The van der Waals surface area contributed by atoms with Crippen molar-refractivity contribution in [1.82, 2.24) is 0 Å². The third kappa shape index (κ3) is 3.92. The first-order valence-electron chi connectivity index (χ1n) is 5.03. The summed E-state index contributed by atoms with van der Waals surface area (Å²) >= 11 is 5.43. The van der Waals surface area contributed by atoms with Crippen LogP contribution < -0.4 is 4.74 Å². The quantitative estimate of drug-likeness (QED) is 0.719. The summed E-state index contributed by atoms with van der Waals surface area (Å²) in [6.45, 7) is 4.86. The van der Waals surface area contributed by atoms with E-state index >= 15 is 0 Å². The fraction of sp³-hybridized carbons (Fsp3) is 0.417. The lowest BCUT2D eigenvalue weighted by molar-refractivity contribution is 0.107. The van der Waals surface area contributed by atoms with Crippen molar-refractivity contribution >= 4 is 16.8 Å². The first kappa shape index (κ1) is 12.1. The van der Waals surface area contributed by atoms with Crippen LogP contribution in [0.15, 0.2) is 24.3 Å². The molecule has 0 radical (unpaired) electrons. The number of carbonyl (C=O) groups excluding carboxylic acids is 1. The molecule has 0 saturated carbocycles. The van der Waals surface area contributed by atoms with Crippen molar-refractivity contribution in [3.05, 3.63) is 29.8 Å². The molecule has 0 heterocycles. The molecule has 0 bridgehead atoms. The van der Waals surface area contributed by atoms with E-state index in [2.05, 4.69) is 13.8 Å². The molecule has 0 aliphatic carbocycles. The molecule has 0 aliphatic heterocycles. The van der Waals surface area contributed by atoms with Crippen LogP contribution in [0.25, 0.3) is 0 Å². The van der Waals surface area contributed by atoms with Gasteiger partial charge in [0.05, 0.1) is 12.2 Å². The zero-order valence-electron chi connectivity index (χ0n) is 9.00. The third-order valence-corrected chi connectivity index (χ3v) is 2.26. The van der Waals surface area contributed by atoms with E-state index in [0.29, 0.717) is 23.8 Å². The van der Waals surface area contributed by atoms with E-state index in [-0.39, 0.29) is 0 Å². The van der Waals surface area contributed by atoms with E-state index in [0.717, 1.165) is 6.42 Å². The number of benzene rings is 1. The first-order chi connectivity index (χ1) is 7.11. The summed E-state index contributed by atoms with van der Waals surface area (Å²) in [5, 5.41) is -0.477. The summed E-state index contributed by atoms with van der Waals surface area (Å²) in [5.41, 5.74) is 0.433. The largest absolute Gasteiger partial charge is 0.493 e. The molecule has 1 aromatic rings. The standard InChI is InChI=1S/C12H15ClO2/c1-9(2)7-8-15-11-6-4-3-5-10(11)12(13)14/h3-6,9H,7-8H2,1-2H3. The van der Waals surface area contributed by atoms with Crippen molar-refractivity contribution in [3.63, 3.8) is 0 Å². The van der Waals surface area contributed by atoms with Crippen LogP contribution >= 0.6 is 11.6 Å². The van der Waals surface area contributed by atoms with Crippen molar-refractivity contribution in [3.8, 4) is 5.75 Å². The van der Waals surface area contributed by atoms with Crippen molar-refractivity contribution < 1.29 is 9.53 Å². The highest BCUT2D eigenvalue weighted by atomic mass is 35.5. The Hall–Kier alpha value is -1.02. The number of hydrogen-bond acceptors (Lipinski definition) is 2. The van der Waals surface area contributed by atoms with Crippen molar-refractivity contribution in [2.24, 2.45) is 5.92 Å². The summed E-state index contributed by atoms with van der Waals surface area (Å²) in [5.74, 6) is 1.15. The lowest BCUT2D eigenvalue weighted by Crippen LogP contribution is -2.04. The Kier molecular flexibility index (Phi) is 4.63. The Morgan fingerprint density at radius 3 is 2.67 bits per heavy atom. The van der Waals surface area contributed by atoms with Crippen molar-refractivity contribution in [1.29, 1.82) is 0 Å². The molecule has 2 nitrogen and oxygen atoms in total. The fourth-order valence-corrected chi connectivity index (χ4v) is 1.32. The first-order valence-corrected chi connectivity index (χ1v) is 5.40. The topological polar surface area (TPSA) is 26.3 Å². The maximum Gasteiger partial charge on any atom is 0.256 e. The molecule has 15 heavy (non-hydrogen) atoms. The molecule has 0 atom stereocenters. The maximum atomic E-state index is 11.0. The average molecular weight is 227 g/mol. The van der Waals surface area contributed by atoms with E-state index < -0.39 is 5.24 Å². The van der Waals surface area contributed by atoms with E-state index in [9.17, 15) is 4.79 Å². The minimum absolute atomic E-state index is 0.433. The summed E-state index contributed by atoms with van der Waals surface area (Å²) in [6.07, 6.45) is 0.963. The molecule has 0 amide bonds. The Balaban J connectivity index is 2.63. The number of rotatable bonds is 5. The molecule has 0 saturated heterocycles. The van der Waals surface area contributed by atoms with E-state index in [1.165, 1.54) is 0 Å². The number of ether oxygens (including phenoxy) is 1. The smallest absolute Gasteiger partial charge is 0.256 e. The van der Waals surface area contributed by atoms with Crippen molar-refractivity contribution in [2.75, 3.05) is 6.61 Å². The predicted octanol–water partition coefficient (Wildman–Crippen LogP) is 3.49. The highest BCUT2D eigenvalue weighted by Crippen LogP contribution is 2.20. The van der Waals surface area contributed by atoms with Gasteiger partial charge >= 0.3 is 0 Å². The number of carbonyl (C=O) groups is 1. The van der Waals surface area contributed by atoms with Crippen LogP contribution in [0, 0.1) is 5.92 Å². The molecule has 0 fully saturated rings. The molecule has 0 aromatic heterocycles. The summed E-state index contributed by atoms with van der Waals surface area (Å²) in [6, 6.07) is 7.02. The van der Waals surface area contributed by atoms with Gasteiger partial charge in [0, 0.05) is 0 Å². The molecular weight excluding hydrogens is 212 g/mol. The number of para-hydroxylation sites is 1. The van der Waals surface area contributed by atoms with Gasteiger partial charge in [-0.25, -0.2) is 0 Å². The van der Waals surface area contributed by atoms with E-state index in [1.54, 1.807) is 18.2 Å². The fourth-order valence-electron chi connectivity index (χ4n) is 1.16. The van der Waals surface area contributed by atoms with Crippen LogP contribution in [0.1, 0.15) is 30.6 Å². The lowest BCUT2D eigenvalue weighted by atomic mass is 10.1. The van der Waals surface area contributed by atoms with Gasteiger partial charge in [0.25, 0.3) is 5.24 Å². The van der Waals surface area contributed by atoms with Crippen LogP contribution in [-0.2, 0) is 0 Å². The van der Waals surface area contributed by atoms with E-state index in [4.69, 9.17) is 16.3 Å². The summed E-state index contributed by atoms with van der Waals surface area (Å²) in [7, 11) is 0. The number of hydrogen-bond donors (Lipinski definition) is 0. The van der Waals surface area contributed by atoms with Gasteiger partial charge in [0.15, 0.2) is 0 Å². The van der Waals surface area contributed by atoms with Crippen LogP contribution in [0.4, 0.5) is 0 Å². The van der Waals surface area contributed by atoms with Gasteiger partial charge in [0.2, 0.25) is 0 Å². The van der Waals surface area contributed by atoms with Gasteiger partial charge in [0.1, 0.15) is 5.75 Å². The lowest BCUT2D eigenvalue weighted by Gasteiger charge is -2.10. The second-order valence-electron chi connectivity index (χ2n) is 3.80. The highest BCUT2D eigenvalue weighted by molar-refractivity contribution is 6.68. The second kappa shape index (κ2) is 5.76. The average Bonchev–Trinajstić information content (AvgIpc) is 2.17. The van der Waals surface area contributed by atoms with Gasteiger partial charge in [-0.2, -0.15) is 0 Å². The molecule has 0 aliphatic rings. The molecule has 1 rings (SSSR count). The molecule has 0 spiro atoms. The molecule has 1 aromatic carbocycles. The molecule has 0 unspecified atom stereocenters. The Morgan fingerprint density at radius 2 is 2.07 bits per heavy atom. The van der Waals surface area contributed by atoms with Crippen LogP contribution in [-0.4, -0.2) is 11.8 Å². The maximum absolute atomic E-state index is 11.0. The Morgan fingerprint density at radius 1 is 1.40 bits per heavy atom. The Bertz CT molecular complexity index is 334. The van der Waals surface area contributed by atoms with Gasteiger partial charge in [-0.1, -0.05) is 26.0 Å². The van der Waals surface area contributed by atoms with Gasteiger partial charge in [-0.05, 0) is 36.1 Å². The monoisotopic (exact) mass is 226 g/mol. The van der Waals surface area contributed by atoms with Crippen LogP contribution in [0.2, 0.25) is 0 Å². The van der Waals surface area contributed by atoms with Gasteiger partial charge in [-0.15, -0.1) is 0 Å². The highest BCUT2D eigenvalue weighted by Gasteiger charge is 2.08. The zero-order valence-corrected chi connectivity index (χ0v) is 9.75. The summed E-state index contributed by atoms with van der Waals surface area (Å²) < 4.78 is 5.50. The SMILES string of the molecule is CC(C)CCOc1ccccc1C(=O)Cl. The van der Waals surface area contributed by atoms with Gasteiger partial charge in [-0.3, -0.25) is 4.79 Å². The van der Waals surface area contributed by atoms with Gasteiger partial charge < -0.3 is 4.74 Å².